The molecule has 1 unspecified atom stereocenters. The lowest BCUT2D eigenvalue weighted by Crippen LogP contribution is -2.46. The van der Waals surface area contributed by atoms with Crippen LogP contribution in [-0.4, -0.2) is 35.7 Å². The van der Waals surface area contributed by atoms with E-state index in [1.54, 1.807) is 6.26 Å². The van der Waals surface area contributed by atoms with Crippen molar-refractivity contribution in [3.05, 3.63) is 18.0 Å². The summed E-state index contributed by atoms with van der Waals surface area (Å²) in [7, 11) is 0. The van der Waals surface area contributed by atoms with E-state index in [2.05, 4.69) is 34.2 Å². The van der Waals surface area contributed by atoms with Crippen LogP contribution in [0.15, 0.2) is 21.8 Å². The highest BCUT2D eigenvalue weighted by Crippen LogP contribution is 2.15. The number of guanidine groups is 1. The van der Waals surface area contributed by atoms with Crippen molar-refractivity contribution in [2.75, 3.05) is 19.6 Å². The van der Waals surface area contributed by atoms with Crippen LogP contribution in [0.5, 0.6) is 0 Å². The molecule has 1 aliphatic heterocycles. The van der Waals surface area contributed by atoms with Crippen LogP contribution in [0.3, 0.4) is 0 Å². The maximum absolute atomic E-state index is 4.82. The number of rotatable bonds is 3. The first-order valence-electron chi connectivity index (χ1n) is 6.72. The normalized spacial score (nSPS) is 20.0. The van der Waals surface area contributed by atoms with Gasteiger partial charge >= 0.3 is 0 Å². The number of hydrogen-bond donors (Lipinski definition) is 1. The zero-order chi connectivity index (χ0) is 12.8. The highest BCUT2D eigenvalue weighted by molar-refractivity contribution is 14.0. The van der Waals surface area contributed by atoms with E-state index < -0.39 is 0 Å². The van der Waals surface area contributed by atoms with Crippen LogP contribution in [-0.2, 0) is 6.54 Å². The van der Waals surface area contributed by atoms with Crippen LogP contribution in [0.25, 0.3) is 0 Å². The molecule has 108 valence electrons. The Morgan fingerprint density at radius 1 is 1.63 bits per heavy atom. The highest BCUT2D eigenvalue weighted by atomic mass is 127. The van der Waals surface area contributed by atoms with E-state index in [1.165, 1.54) is 12.8 Å². The molecule has 0 saturated carbocycles. The largest absolute Gasteiger partial charge is 0.364 e. The molecule has 1 saturated heterocycles. The van der Waals surface area contributed by atoms with Crippen LogP contribution in [0.4, 0.5) is 0 Å². The highest BCUT2D eigenvalue weighted by Gasteiger charge is 2.19. The SMILES string of the molecule is CCNC(=NCc1ccon1)N1CCCC(C)C1.I. The number of aliphatic imine (C=N–C) groups is 1. The lowest BCUT2D eigenvalue weighted by molar-refractivity contribution is 0.266. The Morgan fingerprint density at radius 3 is 3.11 bits per heavy atom. The summed E-state index contributed by atoms with van der Waals surface area (Å²) in [6.07, 6.45) is 4.15. The Labute approximate surface area is 131 Å². The van der Waals surface area contributed by atoms with Gasteiger partial charge in [-0.05, 0) is 25.7 Å². The zero-order valence-corrected chi connectivity index (χ0v) is 14.0. The molecule has 1 fully saturated rings. The average Bonchev–Trinajstić information content (AvgIpc) is 2.87. The van der Waals surface area contributed by atoms with Crippen LogP contribution in [0.1, 0.15) is 32.4 Å². The minimum atomic E-state index is 0. The van der Waals surface area contributed by atoms with Crippen molar-refractivity contribution in [3.8, 4) is 0 Å². The molecular weight excluding hydrogens is 355 g/mol. The van der Waals surface area contributed by atoms with Crippen LogP contribution < -0.4 is 5.32 Å². The predicted octanol–water partition coefficient (Wildman–Crippen LogP) is 2.49. The second kappa shape index (κ2) is 8.39. The van der Waals surface area contributed by atoms with Gasteiger partial charge in [0.15, 0.2) is 5.96 Å². The maximum atomic E-state index is 4.82. The van der Waals surface area contributed by atoms with Gasteiger partial charge < -0.3 is 14.7 Å². The van der Waals surface area contributed by atoms with Gasteiger partial charge in [0.25, 0.3) is 0 Å². The first-order chi connectivity index (χ1) is 8.79. The standard InChI is InChI=1S/C13H22N4O.HI/c1-3-14-13(15-9-12-6-8-18-16-12)17-7-4-5-11(2)10-17;/h6,8,11H,3-5,7,9-10H2,1-2H3,(H,14,15);1H. The van der Waals surface area contributed by atoms with Gasteiger partial charge in [0.1, 0.15) is 12.0 Å². The molecule has 1 aromatic heterocycles. The average molecular weight is 378 g/mol. The van der Waals surface area contributed by atoms with Crippen LogP contribution >= 0.6 is 24.0 Å². The van der Waals surface area contributed by atoms with Crippen molar-refractivity contribution >= 4 is 29.9 Å². The van der Waals surface area contributed by atoms with Gasteiger partial charge in [-0.2, -0.15) is 0 Å². The van der Waals surface area contributed by atoms with Crippen molar-refractivity contribution in [2.24, 2.45) is 10.9 Å². The van der Waals surface area contributed by atoms with Crippen LogP contribution in [0.2, 0.25) is 0 Å². The van der Waals surface area contributed by atoms with Crippen molar-refractivity contribution < 1.29 is 4.52 Å². The first-order valence-corrected chi connectivity index (χ1v) is 6.72. The second-order valence-corrected chi connectivity index (χ2v) is 4.85. The predicted molar refractivity (Wildman–Crippen MR) is 86.7 cm³/mol. The Bertz CT molecular complexity index is 380. The Morgan fingerprint density at radius 2 is 2.47 bits per heavy atom. The molecule has 1 aromatic rings. The van der Waals surface area contributed by atoms with Crippen molar-refractivity contribution in [1.82, 2.24) is 15.4 Å². The smallest absolute Gasteiger partial charge is 0.194 e. The van der Waals surface area contributed by atoms with Gasteiger partial charge in [0.05, 0.1) is 6.54 Å². The number of aromatic nitrogens is 1. The number of halogens is 1. The molecule has 2 rings (SSSR count). The van der Waals surface area contributed by atoms with Crippen molar-refractivity contribution in [2.45, 2.75) is 33.2 Å². The van der Waals surface area contributed by atoms with Gasteiger partial charge in [-0.1, -0.05) is 12.1 Å². The molecule has 2 heterocycles. The summed E-state index contributed by atoms with van der Waals surface area (Å²) in [5.41, 5.74) is 0.871. The van der Waals surface area contributed by atoms with E-state index in [9.17, 15) is 0 Å². The number of nitrogens with zero attached hydrogens (tertiary/aromatic N) is 3. The lowest BCUT2D eigenvalue weighted by atomic mass is 10.0. The van der Waals surface area contributed by atoms with Crippen molar-refractivity contribution in [3.63, 3.8) is 0 Å². The Kier molecular flexibility index (Phi) is 7.19. The summed E-state index contributed by atoms with van der Waals surface area (Å²) in [6.45, 7) is 8.04. The fourth-order valence-electron chi connectivity index (χ4n) is 2.28. The molecule has 0 aromatic carbocycles. The third kappa shape index (κ3) is 5.00. The van der Waals surface area contributed by atoms with Gasteiger partial charge in [-0.3, -0.25) is 0 Å². The second-order valence-electron chi connectivity index (χ2n) is 4.85. The quantitative estimate of drug-likeness (QED) is 0.499. The Hall–Kier alpha value is -0.790. The van der Waals surface area contributed by atoms with Gasteiger partial charge in [0.2, 0.25) is 0 Å². The number of piperidine rings is 1. The maximum Gasteiger partial charge on any atom is 0.194 e. The molecule has 19 heavy (non-hydrogen) atoms. The third-order valence-corrected chi connectivity index (χ3v) is 3.17. The minimum absolute atomic E-state index is 0. The summed E-state index contributed by atoms with van der Waals surface area (Å²) in [4.78, 5) is 6.97. The fourth-order valence-corrected chi connectivity index (χ4v) is 2.28. The summed E-state index contributed by atoms with van der Waals surface area (Å²) < 4.78 is 4.82. The lowest BCUT2D eigenvalue weighted by Gasteiger charge is -2.33. The topological polar surface area (TPSA) is 53.7 Å². The summed E-state index contributed by atoms with van der Waals surface area (Å²) in [5.74, 6) is 1.74. The number of hydrogen-bond acceptors (Lipinski definition) is 3. The third-order valence-electron chi connectivity index (χ3n) is 3.17. The van der Waals surface area contributed by atoms with Gasteiger partial charge in [-0.25, -0.2) is 4.99 Å². The summed E-state index contributed by atoms with van der Waals surface area (Å²) in [6, 6.07) is 1.85. The molecule has 1 N–H and O–H groups in total. The van der Waals surface area contributed by atoms with E-state index in [1.807, 2.05) is 6.07 Å². The van der Waals surface area contributed by atoms with E-state index in [0.717, 1.165) is 37.2 Å². The summed E-state index contributed by atoms with van der Waals surface area (Å²) in [5, 5.41) is 7.23. The molecule has 0 bridgehead atoms. The molecule has 0 radical (unpaired) electrons. The minimum Gasteiger partial charge on any atom is -0.364 e. The molecule has 0 spiro atoms. The van der Waals surface area contributed by atoms with E-state index in [0.29, 0.717) is 6.54 Å². The number of nitrogens with one attached hydrogen (secondary N) is 1. The molecule has 0 amide bonds. The summed E-state index contributed by atoms with van der Waals surface area (Å²) >= 11 is 0. The molecule has 5 nitrogen and oxygen atoms in total. The van der Waals surface area contributed by atoms with E-state index >= 15 is 0 Å². The van der Waals surface area contributed by atoms with Crippen LogP contribution in [0, 0.1) is 5.92 Å². The van der Waals surface area contributed by atoms with Gasteiger partial charge in [0, 0.05) is 25.7 Å². The van der Waals surface area contributed by atoms with Crippen molar-refractivity contribution in [1.29, 1.82) is 0 Å². The van der Waals surface area contributed by atoms with Gasteiger partial charge in [-0.15, -0.1) is 24.0 Å². The zero-order valence-electron chi connectivity index (χ0n) is 11.6. The first kappa shape index (κ1) is 16.3. The monoisotopic (exact) mass is 378 g/mol. The molecular formula is C13H23IN4O. The Balaban J connectivity index is 0.00000180. The van der Waals surface area contributed by atoms with E-state index in [4.69, 9.17) is 4.52 Å². The fraction of sp³-hybridized carbons (Fsp3) is 0.692. The molecule has 1 atom stereocenters. The van der Waals surface area contributed by atoms with E-state index in [-0.39, 0.29) is 24.0 Å². The molecule has 0 aliphatic carbocycles. The molecule has 6 heteroatoms. The molecule has 1 aliphatic rings. The number of likely N-dealkylation sites (tertiary alicyclic amines) is 1.